The molecule has 0 aliphatic carbocycles. The van der Waals surface area contributed by atoms with Crippen molar-refractivity contribution < 1.29 is 4.39 Å². The lowest BCUT2D eigenvalue weighted by Crippen LogP contribution is -2.11. The lowest BCUT2D eigenvalue weighted by atomic mass is 10.3. The number of hydrogen-bond acceptors (Lipinski definition) is 2. The molecule has 60 valence electrons. The molecule has 1 N–H and O–H groups in total. The monoisotopic (exact) mass is 156 g/mol. The third-order valence-electron chi connectivity index (χ3n) is 1.20. The van der Waals surface area contributed by atoms with E-state index >= 15 is 0 Å². The summed E-state index contributed by atoms with van der Waals surface area (Å²) in [5, 5.41) is 0. The molecular formula is C7H9FN2O. The lowest BCUT2D eigenvalue weighted by molar-refractivity contribution is 0.354. The average Bonchev–Trinajstić information content (AvgIpc) is 1.85. The SMILES string of the molecule is CC(F)Cc1nccc(=O)[nH]1. The zero-order valence-corrected chi connectivity index (χ0v) is 6.17. The first-order valence-electron chi connectivity index (χ1n) is 3.37. The van der Waals surface area contributed by atoms with Crippen LogP contribution in [0.4, 0.5) is 4.39 Å². The molecule has 0 radical (unpaired) electrons. The minimum atomic E-state index is -0.972. The lowest BCUT2D eigenvalue weighted by Gasteiger charge is -1.98. The summed E-state index contributed by atoms with van der Waals surface area (Å²) in [4.78, 5) is 16.9. The molecule has 1 aromatic heterocycles. The molecule has 1 aromatic rings. The third kappa shape index (κ3) is 2.49. The van der Waals surface area contributed by atoms with E-state index in [0.29, 0.717) is 5.82 Å². The van der Waals surface area contributed by atoms with Gasteiger partial charge in [-0.1, -0.05) is 0 Å². The van der Waals surface area contributed by atoms with E-state index in [2.05, 4.69) is 9.97 Å². The maximum absolute atomic E-state index is 12.4. The molecule has 0 saturated heterocycles. The molecule has 0 aliphatic rings. The molecule has 0 aromatic carbocycles. The second-order valence-electron chi connectivity index (χ2n) is 2.37. The van der Waals surface area contributed by atoms with Crippen LogP contribution in [0, 0.1) is 0 Å². The Morgan fingerprint density at radius 2 is 2.55 bits per heavy atom. The third-order valence-corrected chi connectivity index (χ3v) is 1.20. The molecule has 0 saturated carbocycles. The molecule has 0 fully saturated rings. The summed E-state index contributed by atoms with van der Waals surface area (Å²) >= 11 is 0. The van der Waals surface area contributed by atoms with E-state index in [1.54, 1.807) is 0 Å². The van der Waals surface area contributed by atoms with Gasteiger partial charge >= 0.3 is 0 Å². The zero-order valence-electron chi connectivity index (χ0n) is 6.17. The van der Waals surface area contributed by atoms with Crippen LogP contribution >= 0.6 is 0 Å². The average molecular weight is 156 g/mol. The molecule has 0 spiro atoms. The van der Waals surface area contributed by atoms with Gasteiger partial charge in [0.2, 0.25) is 0 Å². The van der Waals surface area contributed by atoms with Crippen molar-refractivity contribution in [3.05, 3.63) is 28.4 Å². The van der Waals surface area contributed by atoms with Gasteiger partial charge in [-0.25, -0.2) is 9.37 Å². The summed E-state index contributed by atoms with van der Waals surface area (Å²) in [5.41, 5.74) is -0.240. The standard InChI is InChI=1S/C7H9FN2O/c1-5(8)4-6-9-3-2-7(11)10-6/h2-3,5H,4H2,1H3,(H,9,10,11). The van der Waals surface area contributed by atoms with Gasteiger partial charge in [-0.15, -0.1) is 0 Å². The van der Waals surface area contributed by atoms with Crippen LogP contribution in [0.1, 0.15) is 12.7 Å². The van der Waals surface area contributed by atoms with Crippen molar-refractivity contribution in [3.8, 4) is 0 Å². The predicted molar refractivity (Wildman–Crippen MR) is 39.1 cm³/mol. The van der Waals surface area contributed by atoms with Crippen molar-refractivity contribution in [2.75, 3.05) is 0 Å². The molecule has 0 aliphatic heterocycles. The van der Waals surface area contributed by atoms with Crippen LogP contribution in [0.2, 0.25) is 0 Å². The minimum absolute atomic E-state index is 0.163. The minimum Gasteiger partial charge on any atom is -0.310 e. The van der Waals surface area contributed by atoms with Gasteiger partial charge in [0.15, 0.2) is 0 Å². The quantitative estimate of drug-likeness (QED) is 0.684. The van der Waals surface area contributed by atoms with Gasteiger partial charge in [0, 0.05) is 18.7 Å². The molecule has 1 atom stereocenters. The number of H-pyrrole nitrogens is 1. The number of alkyl halides is 1. The highest BCUT2D eigenvalue weighted by atomic mass is 19.1. The summed E-state index contributed by atoms with van der Waals surface area (Å²) in [6.07, 6.45) is 0.563. The number of rotatable bonds is 2. The Labute approximate surface area is 63.3 Å². The first-order chi connectivity index (χ1) is 5.18. The Kier molecular flexibility index (Phi) is 2.36. The van der Waals surface area contributed by atoms with Gasteiger partial charge in [-0.2, -0.15) is 0 Å². The molecule has 1 unspecified atom stereocenters. The van der Waals surface area contributed by atoms with Gasteiger partial charge < -0.3 is 4.98 Å². The molecule has 4 heteroatoms. The highest BCUT2D eigenvalue weighted by Crippen LogP contribution is 1.95. The van der Waals surface area contributed by atoms with Gasteiger partial charge in [-0.05, 0) is 6.92 Å². The number of hydrogen-bond donors (Lipinski definition) is 1. The van der Waals surface area contributed by atoms with Crippen LogP contribution in [0.3, 0.4) is 0 Å². The Bertz CT molecular complexity index is 282. The van der Waals surface area contributed by atoms with Crippen molar-refractivity contribution in [3.63, 3.8) is 0 Å². The fourth-order valence-corrected chi connectivity index (χ4v) is 0.781. The fourth-order valence-electron chi connectivity index (χ4n) is 0.781. The van der Waals surface area contributed by atoms with E-state index in [0.717, 1.165) is 0 Å². The van der Waals surface area contributed by atoms with Crippen LogP contribution in [0.5, 0.6) is 0 Å². The van der Waals surface area contributed by atoms with Crippen LogP contribution < -0.4 is 5.56 Å². The summed E-state index contributed by atoms with van der Waals surface area (Å²) in [7, 11) is 0. The van der Waals surface area contributed by atoms with E-state index in [-0.39, 0.29) is 12.0 Å². The van der Waals surface area contributed by atoms with E-state index in [4.69, 9.17) is 0 Å². The Morgan fingerprint density at radius 3 is 3.09 bits per heavy atom. The molecule has 0 amide bonds. The van der Waals surface area contributed by atoms with Gasteiger partial charge in [0.1, 0.15) is 12.0 Å². The maximum atomic E-state index is 12.4. The summed E-state index contributed by atoms with van der Waals surface area (Å²) in [5.74, 6) is 0.396. The first kappa shape index (κ1) is 7.91. The molecule has 1 rings (SSSR count). The highest BCUT2D eigenvalue weighted by Gasteiger charge is 2.01. The highest BCUT2D eigenvalue weighted by molar-refractivity contribution is 4.90. The van der Waals surface area contributed by atoms with Crippen LogP contribution in [-0.2, 0) is 6.42 Å². The zero-order chi connectivity index (χ0) is 8.27. The predicted octanol–water partition coefficient (Wildman–Crippen LogP) is 0.670. The summed E-state index contributed by atoms with van der Waals surface area (Å²) in [6, 6.07) is 1.30. The normalized spacial score (nSPS) is 12.9. The second-order valence-corrected chi connectivity index (χ2v) is 2.37. The van der Waals surface area contributed by atoms with E-state index in [1.165, 1.54) is 19.2 Å². The van der Waals surface area contributed by atoms with Crippen LogP contribution in [0.15, 0.2) is 17.1 Å². The fraction of sp³-hybridized carbons (Fsp3) is 0.429. The van der Waals surface area contributed by atoms with Crippen LogP contribution in [-0.4, -0.2) is 16.1 Å². The number of nitrogens with zero attached hydrogens (tertiary/aromatic N) is 1. The van der Waals surface area contributed by atoms with Gasteiger partial charge in [-0.3, -0.25) is 4.79 Å². The van der Waals surface area contributed by atoms with Crippen molar-refractivity contribution >= 4 is 0 Å². The topological polar surface area (TPSA) is 45.8 Å². The Balaban J connectivity index is 2.80. The number of aromatic amines is 1. The summed E-state index contributed by atoms with van der Waals surface area (Å²) < 4.78 is 12.4. The Hall–Kier alpha value is -1.19. The first-order valence-corrected chi connectivity index (χ1v) is 3.37. The van der Waals surface area contributed by atoms with Gasteiger partial charge in [0.05, 0.1) is 0 Å². The largest absolute Gasteiger partial charge is 0.310 e. The maximum Gasteiger partial charge on any atom is 0.250 e. The van der Waals surface area contributed by atoms with E-state index < -0.39 is 6.17 Å². The summed E-state index contributed by atoms with van der Waals surface area (Å²) in [6.45, 7) is 1.42. The molecule has 11 heavy (non-hydrogen) atoms. The number of aromatic nitrogens is 2. The molecule has 0 bridgehead atoms. The van der Waals surface area contributed by atoms with Gasteiger partial charge in [0.25, 0.3) is 5.56 Å². The van der Waals surface area contributed by atoms with Crippen molar-refractivity contribution in [1.29, 1.82) is 0 Å². The van der Waals surface area contributed by atoms with Crippen molar-refractivity contribution in [1.82, 2.24) is 9.97 Å². The van der Waals surface area contributed by atoms with Crippen LogP contribution in [0.25, 0.3) is 0 Å². The van der Waals surface area contributed by atoms with Crippen molar-refractivity contribution in [2.24, 2.45) is 0 Å². The van der Waals surface area contributed by atoms with E-state index in [9.17, 15) is 9.18 Å². The van der Waals surface area contributed by atoms with Crippen molar-refractivity contribution in [2.45, 2.75) is 19.5 Å². The smallest absolute Gasteiger partial charge is 0.250 e. The number of halogens is 1. The second kappa shape index (κ2) is 3.27. The molecule has 1 heterocycles. The molecular weight excluding hydrogens is 147 g/mol. The number of nitrogens with one attached hydrogen (secondary N) is 1. The van der Waals surface area contributed by atoms with E-state index in [1.807, 2.05) is 0 Å². The Morgan fingerprint density at radius 1 is 1.82 bits per heavy atom. The molecule has 3 nitrogen and oxygen atoms in total.